The zero-order valence-electron chi connectivity index (χ0n) is 13.8. The van der Waals surface area contributed by atoms with Gasteiger partial charge >= 0.3 is 0 Å². The molecule has 1 N–H and O–H groups in total. The second-order valence-electron chi connectivity index (χ2n) is 6.19. The molecule has 7 heteroatoms. The maximum absolute atomic E-state index is 12.7. The van der Waals surface area contributed by atoms with Crippen LogP contribution in [0, 0.1) is 6.92 Å². The van der Waals surface area contributed by atoms with Gasteiger partial charge < -0.3 is 15.1 Å². The molecule has 24 heavy (non-hydrogen) atoms. The van der Waals surface area contributed by atoms with Crippen molar-refractivity contribution in [2.75, 3.05) is 42.6 Å². The maximum atomic E-state index is 12.7. The quantitative estimate of drug-likeness (QED) is 0.867. The molecule has 0 bridgehead atoms. The Morgan fingerprint density at radius 3 is 2.79 bits per heavy atom. The highest BCUT2D eigenvalue weighted by Gasteiger charge is 2.30. The SMILES string of the molecule is Cc1ccc(Cl)cc1N1CCN(C(=O)[C@H]2CSCCC(=O)N2)CC1. The third-order valence-electron chi connectivity index (χ3n) is 4.49. The molecule has 1 aromatic carbocycles. The Kier molecular flexibility index (Phi) is 5.56. The zero-order chi connectivity index (χ0) is 17.1. The van der Waals surface area contributed by atoms with E-state index in [-0.39, 0.29) is 17.9 Å². The third kappa shape index (κ3) is 3.98. The van der Waals surface area contributed by atoms with Crippen LogP contribution < -0.4 is 10.2 Å². The lowest BCUT2D eigenvalue weighted by Crippen LogP contribution is -2.55. The minimum absolute atomic E-state index is 0.0217. The van der Waals surface area contributed by atoms with Crippen LogP contribution in [-0.4, -0.2) is 60.4 Å². The highest BCUT2D eigenvalue weighted by Crippen LogP contribution is 2.25. The topological polar surface area (TPSA) is 52.7 Å². The molecular formula is C17H22ClN3O2S. The first-order chi connectivity index (χ1) is 11.5. The molecule has 2 saturated heterocycles. The number of amides is 2. The van der Waals surface area contributed by atoms with E-state index in [9.17, 15) is 9.59 Å². The van der Waals surface area contributed by atoms with Gasteiger partial charge in [-0.1, -0.05) is 17.7 Å². The van der Waals surface area contributed by atoms with E-state index >= 15 is 0 Å². The number of nitrogens with one attached hydrogen (secondary N) is 1. The van der Waals surface area contributed by atoms with E-state index < -0.39 is 0 Å². The van der Waals surface area contributed by atoms with Crippen LogP contribution >= 0.6 is 23.4 Å². The Labute approximate surface area is 151 Å². The molecule has 0 saturated carbocycles. The predicted molar refractivity (Wildman–Crippen MR) is 98.9 cm³/mol. The Bertz CT molecular complexity index is 632. The van der Waals surface area contributed by atoms with Crippen molar-refractivity contribution in [3.8, 4) is 0 Å². The van der Waals surface area contributed by atoms with E-state index in [1.54, 1.807) is 11.8 Å². The Morgan fingerprint density at radius 2 is 2.04 bits per heavy atom. The number of carbonyl (C=O) groups is 2. The standard InChI is InChI=1S/C17H22ClN3O2S/c1-12-2-3-13(18)10-15(12)20-5-7-21(8-6-20)17(23)14-11-24-9-4-16(22)19-14/h2-3,10,14H,4-9,11H2,1H3,(H,19,22)/t14-/m1/s1. The smallest absolute Gasteiger partial charge is 0.246 e. The number of nitrogens with zero attached hydrogens (tertiary/aromatic N) is 2. The molecule has 2 heterocycles. The number of piperazine rings is 1. The van der Waals surface area contributed by atoms with E-state index in [4.69, 9.17) is 11.6 Å². The van der Waals surface area contributed by atoms with Crippen LogP contribution in [0.15, 0.2) is 18.2 Å². The van der Waals surface area contributed by atoms with Crippen molar-refractivity contribution in [2.24, 2.45) is 0 Å². The molecule has 2 fully saturated rings. The van der Waals surface area contributed by atoms with Gasteiger partial charge in [-0.15, -0.1) is 0 Å². The summed E-state index contributed by atoms with van der Waals surface area (Å²) in [7, 11) is 0. The number of aryl methyl sites for hydroxylation is 1. The first kappa shape index (κ1) is 17.4. The summed E-state index contributed by atoms with van der Waals surface area (Å²) in [5.41, 5.74) is 2.32. The van der Waals surface area contributed by atoms with Crippen molar-refractivity contribution in [2.45, 2.75) is 19.4 Å². The average molecular weight is 368 g/mol. The van der Waals surface area contributed by atoms with Gasteiger partial charge in [-0.25, -0.2) is 0 Å². The van der Waals surface area contributed by atoms with Crippen LogP contribution in [0.2, 0.25) is 5.02 Å². The number of hydrogen-bond acceptors (Lipinski definition) is 4. The number of benzene rings is 1. The second kappa shape index (κ2) is 7.66. The fourth-order valence-electron chi connectivity index (χ4n) is 3.12. The number of rotatable bonds is 2. The van der Waals surface area contributed by atoms with Gasteiger partial charge in [0.15, 0.2) is 0 Å². The Balaban J connectivity index is 1.61. The molecule has 1 atom stereocenters. The van der Waals surface area contributed by atoms with Crippen LogP contribution in [0.3, 0.4) is 0 Å². The number of hydrogen-bond donors (Lipinski definition) is 1. The van der Waals surface area contributed by atoms with Crippen LogP contribution in [0.1, 0.15) is 12.0 Å². The molecule has 0 aromatic heterocycles. The molecule has 2 aliphatic heterocycles. The first-order valence-corrected chi connectivity index (χ1v) is 9.75. The number of thioether (sulfide) groups is 1. The lowest BCUT2D eigenvalue weighted by atomic mass is 10.1. The van der Waals surface area contributed by atoms with Crippen molar-refractivity contribution in [3.63, 3.8) is 0 Å². The van der Waals surface area contributed by atoms with Gasteiger partial charge in [0.1, 0.15) is 6.04 Å². The van der Waals surface area contributed by atoms with Gasteiger partial charge in [0.2, 0.25) is 11.8 Å². The van der Waals surface area contributed by atoms with Gasteiger partial charge in [-0.05, 0) is 24.6 Å². The summed E-state index contributed by atoms with van der Waals surface area (Å²) in [4.78, 5) is 28.5. The van der Waals surface area contributed by atoms with E-state index in [1.807, 2.05) is 23.1 Å². The molecule has 5 nitrogen and oxygen atoms in total. The molecule has 1 aromatic rings. The number of carbonyl (C=O) groups excluding carboxylic acids is 2. The highest BCUT2D eigenvalue weighted by molar-refractivity contribution is 7.99. The largest absolute Gasteiger partial charge is 0.368 e. The van der Waals surface area contributed by atoms with Gasteiger partial charge in [-0.3, -0.25) is 9.59 Å². The van der Waals surface area contributed by atoms with Crippen LogP contribution in [0.5, 0.6) is 0 Å². The molecule has 0 spiro atoms. The van der Waals surface area contributed by atoms with Crippen LogP contribution in [0.4, 0.5) is 5.69 Å². The summed E-state index contributed by atoms with van der Waals surface area (Å²) in [6, 6.07) is 5.51. The van der Waals surface area contributed by atoms with Crippen molar-refractivity contribution < 1.29 is 9.59 Å². The van der Waals surface area contributed by atoms with Gasteiger partial charge in [0, 0.05) is 54.8 Å². The van der Waals surface area contributed by atoms with Crippen LogP contribution in [-0.2, 0) is 9.59 Å². The first-order valence-electron chi connectivity index (χ1n) is 8.21. The Morgan fingerprint density at radius 1 is 1.29 bits per heavy atom. The summed E-state index contributed by atoms with van der Waals surface area (Å²) in [6.45, 7) is 4.96. The van der Waals surface area contributed by atoms with E-state index in [0.29, 0.717) is 25.3 Å². The summed E-state index contributed by atoms with van der Waals surface area (Å²) in [5.74, 6) is 1.47. The lowest BCUT2D eigenvalue weighted by Gasteiger charge is -2.38. The predicted octanol–water partition coefficient (Wildman–Crippen LogP) is 1.92. The molecule has 2 amide bonds. The van der Waals surface area contributed by atoms with Gasteiger partial charge in [-0.2, -0.15) is 11.8 Å². The summed E-state index contributed by atoms with van der Waals surface area (Å²) >= 11 is 7.78. The van der Waals surface area contributed by atoms with E-state index in [1.165, 1.54) is 5.56 Å². The van der Waals surface area contributed by atoms with Gasteiger partial charge in [0.25, 0.3) is 0 Å². The molecule has 0 aliphatic carbocycles. The molecular weight excluding hydrogens is 346 g/mol. The minimum atomic E-state index is -0.385. The minimum Gasteiger partial charge on any atom is -0.368 e. The molecule has 130 valence electrons. The number of halogens is 1. The monoisotopic (exact) mass is 367 g/mol. The van der Waals surface area contributed by atoms with Crippen molar-refractivity contribution in [3.05, 3.63) is 28.8 Å². The fourth-order valence-corrected chi connectivity index (χ4v) is 4.24. The summed E-state index contributed by atoms with van der Waals surface area (Å²) in [6.07, 6.45) is 0.496. The molecule has 3 rings (SSSR count). The molecule has 2 aliphatic rings. The van der Waals surface area contributed by atoms with Crippen molar-refractivity contribution in [1.82, 2.24) is 10.2 Å². The fraction of sp³-hybridized carbons (Fsp3) is 0.529. The molecule has 0 radical (unpaired) electrons. The second-order valence-corrected chi connectivity index (χ2v) is 7.77. The van der Waals surface area contributed by atoms with Crippen molar-refractivity contribution >= 4 is 40.9 Å². The lowest BCUT2D eigenvalue weighted by molar-refractivity contribution is -0.135. The average Bonchev–Trinajstić information content (AvgIpc) is 2.81. The van der Waals surface area contributed by atoms with Gasteiger partial charge in [0.05, 0.1) is 0 Å². The normalized spacial score (nSPS) is 22.1. The summed E-state index contributed by atoms with van der Waals surface area (Å²) in [5, 5.41) is 3.58. The van der Waals surface area contributed by atoms with Crippen molar-refractivity contribution in [1.29, 1.82) is 0 Å². The third-order valence-corrected chi connectivity index (χ3v) is 5.79. The zero-order valence-corrected chi connectivity index (χ0v) is 15.3. The number of anilines is 1. The highest BCUT2D eigenvalue weighted by atomic mass is 35.5. The maximum Gasteiger partial charge on any atom is 0.246 e. The molecule has 0 unspecified atom stereocenters. The van der Waals surface area contributed by atoms with E-state index in [0.717, 1.165) is 29.6 Å². The van der Waals surface area contributed by atoms with E-state index in [2.05, 4.69) is 17.1 Å². The Hall–Kier alpha value is -1.40. The summed E-state index contributed by atoms with van der Waals surface area (Å²) < 4.78 is 0. The van der Waals surface area contributed by atoms with Crippen LogP contribution in [0.25, 0.3) is 0 Å².